The molecule has 2 saturated carbocycles. The van der Waals surface area contributed by atoms with Gasteiger partial charge in [0.2, 0.25) is 0 Å². The lowest BCUT2D eigenvalue weighted by Gasteiger charge is -2.32. The van der Waals surface area contributed by atoms with E-state index in [0.29, 0.717) is 11.5 Å². The van der Waals surface area contributed by atoms with Crippen molar-refractivity contribution in [2.45, 2.75) is 58.9 Å². The lowest BCUT2D eigenvalue weighted by Crippen LogP contribution is -2.37. The van der Waals surface area contributed by atoms with E-state index in [4.69, 9.17) is 4.74 Å². The van der Waals surface area contributed by atoms with Gasteiger partial charge in [0.15, 0.2) is 0 Å². The minimum atomic E-state index is 0.606. The van der Waals surface area contributed by atoms with Crippen molar-refractivity contribution in [1.29, 1.82) is 0 Å². The Kier molecular flexibility index (Phi) is 4.48. The molecule has 0 spiro atoms. The van der Waals surface area contributed by atoms with Gasteiger partial charge >= 0.3 is 0 Å². The Morgan fingerprint density at radius 1 is 1.29 bits per heavy atom. The van der Waals surface area contributed by atoms with Crippen LogP contribution in [0.4, 0.5) is 0 Å². The summed E-state index contributed by atoms with van der Waals surface area (Å²) >= 11 is 0. The molecule has 0 aromatic carbocycles. The Balaban J connectivity index is 1.76. The molecular formula is C15H29NO. The maximum absolute atomic E-state index is 5.48. The normalized spacial score (nSPS) is 35.3. The van der Waals surface area contributed by atoms with Gasteiger partial charge in [0.25, 0.3) is 0 Å². The highest BCUT2D eigenvalue weighted by Crippen LogP contribution is 2.61. The van der Waals surface area contributed by atoms with Gasteiger partial charge in [-0.2, -0.15) is 0 Å². The molecule has 0 aromatic rings. The highest BCUT2D eigenvalue weighted by Gasteiger charge is 2.52. The second kappa shape index (κ2) is 5.71. The molecule has 0 bridgehead atoms. The van der Waals surface area contributed by atoms with E-state index >= 15 is 0 Å². The molecule has 0 aromatic heterocycles. The van der Waals surface area contributed by atoms with Gasteiger partial charge in [-0.3, -0.25) is 0 Å². The van der Waals surface area contributed by atoms with Gasteiger partial charge in [-0.25, -0.2) is 0 Å². The van der Waals surface area contributed by atoms with Gasteiger partial charge in [0.05, 0.1) is 0 Å². The first-order chi connectivity index (χ1) is 8.15. The number of fused-ring (bicyclic) bond motifs is 1. The largest absolute Gasteiger partial charge is 0.382 e. The first-order valence-corrected chi connectivity index (χ1v) is 7.46. The molecule has 0 saturated heterocycles. The maximum Gasteiger partial charge on any atom is 0.0466 e. The highest BCUT2D eigenvalue weighted by atomic mass is 16.5. The summed E-state index contributed by atoms with van der Waals surface area (Å²) in [6.45, 7) is 9.63. The topological polar surface area (TPSA) is 21.3 Å². The average molecular weight is 239 g/mol. The van der Waals surface area contributed by atoms with E-state index in [2.05, 4.69) is 26.1 Å². The second-order valence-corrected chi connectivity index (χ2v) is 6.50. The quantitative estimate of drug-likeness (QED) is 0.657. The minimum Gasteiger partial charge on any atom is -0.382 e. The van der Waals surface area contributed by atoms with E-state index in [-0.39, 0.29) is 0 Å². The predicted octanol–water partition coefficient (Wildman–Crippen LogP) is 3.22. The van der Waals surface area contributed by atoms with E-state index in [0.717, 1.165) is 25.0 Å². The third-order valence-corrected chi connectivity index (χ3v) is 4.54. The fraction of sp³-hybridized carbons (Fsp3) is 1.00. The summed E-state index contributed by atoms with van der Waals surface area (Å²) in [5.41, 5.74) is 0.606. The van der Waals surface area contributed by atoms with Crippen molar-refractivity contribution in [3.8, 4) is 0 Å². The summed E-state index contributed by atoms with van der Waals surface area (Å²) in [7, 11) is 0. The van der Waals surface area contributed by atoms with Gasteiger partial charge < -0.3 is 10.1 Å². The molecule has 1 N–H and O–H groups in total. The predicted molar refractivity (Wildman–Crippen MR) is 72.1 cm³/mol. The van der Waals surface area contributed by atoms with Crippen LogP contribution < -0.4 is 5.32 Å². The van der Waals surface area contributed by atoms with Crippen LogP contribution in [0.1, 0.15) is 52.9 Å². The molecule has 17 heavy (non-hydrogen) atoms. The number of hydrogen-bond donors (Lipinski definition) is 1. The fourth-order valence-corrected chi connectivity index (χ4v) is 3.56. The van der Waals surface area contributed by atoms with E-state index < -0.39 is 0 Å². The van der Waals surface area contributed by atoms with Crippen molar-refractivity contribution in [2.75, 3.05) is 19.8 Å². The Morgan fingerprint density at radius 3 is 2.59 bits per heavy atom. The van der Waals surface area contributed by atoms with E-state index in [1.807, 2.05) is 0 Å². The molecule has 100 valence electrons. The first-order valence-electron chi connectivity index (χ1n) is 7.46. The average Bonchev–Trinajstić information content (AvgIpc) is 2.91. The first kappa shape index (κ1) is 13.4. The Labute approximate surface area is 107 Å². The molecule has 2 atom stereocenters. The summed E-state index contributed by atoms with van der Waals surface area (Å²) in [5.74, 6) is 2.16. The monoisotopic (exact) mass is 239 g/mol. The Hall–Kier alpha value is -0.0800. The van der Waals surface area contributed by atoms with E-state index in [9.17, 15) is 0 Å². The van der Waals surface area contributed by atoms with Crippen molar-refractivity contribution in [2.24, 2.45) is 17.3 Å². The van der Waals surface area contributed by atoms with Crippen LogP contribution >= 0.6 is 0 Å². The molecular weight excluding hydrogens is 210 g/mol. The van der Waals surface area contributed by atoms with Gasteiger partial charge in [-0.05, 0) is 56.3 Å². The van der Waals surface area contributed by atoms with Crippen molar-refractivity contribution in [3.05, 3.63) is 0 Å². The van der Waals surface area contributed by atoms with Crippen LogP contribution in [0.15, 0.2) is 0 Å². The molecule has 2 fully saturated rings. The summed E-state index contributed by atoms with van der Waals surface area (Å²) in [5, 5.41) is 3.67. The van der Waals surface area contributed by atoms with Gasteiger partial charge in [-0.15, -0.1) is 0 Å². The zero-order chi connectivity index (χ0) is 12.3. The fourth-order valence-electron chi connectivity index (χ4n) is 3.56. The lowest BCUT2D eigenvalue weighted by molar-refractivity contribution is 0.123. The molecule has 2 nitrogen and oxygen atoms in total. The Bertz CT molecular complexity index is 229. The van der Waals surface area contributed by atoms with Crippen LogP contribution in [-0.2, 0) is 4.74 Å². The molecule has 2 aliphatic rings. The summed E-state index contributed by atoms with van der Waals surface area (Å²) in [6, 6.07) is 0.621. The third-order valence-electron chi connectivity index (χ3n) is 4.54. The van der Waals surface area contributed by atoms with Gasteiger partial charge in [0.1, 0.15) is 0 Å². The van der Waals surface area contributed by atoms with Crippen molar-refractivity contribution >= 4 is 0 Å². The number of ether oxygens (including phenoxy) is 1. The molecule has 2 rings (SSSR count). The van der Waals surface area contributed by atoms with Gasteiger partial charge in [-0.1, -0.05) is 13.8 Å². The standard InChI is InChI=1S/C15H29NO/c1-4-17-7-5-6-15(11-16-12(2)3)9-13-8-14(13)10-15/h12-14,16H,4-11H2,1-3H3. The number of rotatable bonds is 8. The van der Waals surface area contributed by atoms with Crippen LogP contribution in [0.3, 0.4) is 0 Å². The SMILES string of the molecule is CCOCCCC1(CNC(C)C)CC2CC2C1. The van der Waals surface area contributed by atoms with Crippen LogP contribution in [-0.4, -0.2) is 25.8 Å². The van der Waals surface area contributed by atoms with E-state index in [1.54, 1.807) is 0 Å². The molecule has 2 unspecified atom stereocenters. The van der Waals surface area contributed by atoms with Gasteiger partial charge in [0, 0.05) is 25.8 Å². The van der Waals surface area contributed by atoms with Crippen LogP contribution in [0.2, 0.25) is 0 Å². The number of nitrogens with one attached hydrogen (secondary N) is 1. The lowest BCUT2D eigenvalue weighted by atomic mass is 9.78. The zero-order valence-electron chi connectivity index (χ0n) is 11.8. The molecule has 0 heterocycles. The zero-order valence-corrected chi connectivity index (χ0v) is 11.8. The van der Waals surface area contributed by atoms with Crippen molar-refractivity contribution in [3.63, 3.8) is 0 Å². The Morgan fingerprint density at radius 2 is 2.00 bits per heavy atom. The van der Waals surface area contributed by atoms with Crippen LogP contribution in [0.5, 0.6) is 0 Å². The number of hydrogen-bond acceptors (Lipinski definition) is 2. The molecule has 2 heteroatoms. The maximum atomic E-state index is 5.48. The molecule has 0 amide bonds. The van der Waals surface area contributed by atoms with Crippen LogP contribution in [0, 0.1) is 17.3 Å². The highest BCUT2D eigenvalue weighted by molar-refractivity contribution is 5.04. The van der Waals surface area contributed by atoms with E-state index in [1.165, 1.54) is 38.6 Å². The summed E-state index contributed by atoms with van der Waals surface area (Å²) in [4.78, 5) is 0. The second-order valence-electron chi connectivity index (χ2n) is 6.50. The third kappa shape index (κ3) is 3.69. The minimum absolute atomic E-state index is 0.606. The molecule has 2 aliphatic carbocycles. The summed E-state index contributed by atoms with van der Waals surface area (Å²) in [6.07, 6.45) is 7.08. The van der Waals surface area contributed by atoms with Crippen molar-refractivity contribution < 1.29 is 4.74 Å². The molecule has 0 aliphatic heterocycles. The van der Waals surface area contributed by atoms with Crippen LogP contribution in [0.25, 0.3) is 0 Å². The molecule has 0 radical (unpaired) electrons. The summed E-state index contributed by atoms with van der Waals surface area (Å²) < 4.78 is 5.48. The van der Waals surface area contributed by atoms with Crippen molar-refractivity contribution in [1.82, 2.24) is 5.32 Å². The smallest absolute Gasteiger partial charge is 0.0466 e.